The third kappa shape index (κ3) is 3.35. The van der Waals surface area contributed by atoms with E-state index in [-0.39, 0.29) is 5.91 Å². The highest BCUT2D eigenvalue weighted by molar-refractivity contribution is 5.94. The van der Waals surface area contributed by atoms with Crippen LogP contribution in [-0.4, -0.2) is 23.4 Å². The van der Waals surface area contributed by atoms with Gasteiger partial charge in [0.1, 0.15) is 6.26 Å². The van der Waals surface area contributed by atoms with Gasteiger partial charge in [0.05, 0.1) is 11.8 Å². The fraction of sp³-hybridized carbons (Fsp3) is 0.389. The van der Waals surface area contributed by atoms with E-state index in [1.165, 1.54) is 18.4 Å². The first-order valence-electron chi connectivity index (χ1n) is 7.71. The second-order valence-electron chi connectivity index (χ2n) is 5.68. The molecule has 0 unspecified atom stereocenters. The zero-order valence-corrected chi connectivity index (χ0v) is 12.2. The number of nitrogens with zero attached hydrogens (tertiary/aromatic N) is 1. The van der Waals surface area contributed by atoms with E-state index in [2.05, 4.69) is 12.1 Å². The summed E-state index contributed by atoms with van der Waals surface area (Å²) in [6.45, 7) is 0.776. The number of carbonyl (C=O) groups excluding carboxylic acids is 1. The molecule has 21 heavy (non-hydrogen) atoms. The minimum absolute atomic E-state index is 0.103. The SMILES string of the molecule is O=C(c1ccoc1)N(CCc1ccccc1)C1CCCC1. The zero-order valence-electron chi connectivity index (χ0n) is 12.2. The van der Waals surface area contributed by atoms with Crippen molar-refractivity contribution in [3.63, 3.8) is 0 Å². The molecule has 0 radical (unpaired) electrons. The number of hydrogen-bond acceptors (Lipinski definition) is 2. The molecule has 1 aliphatic rings. The molecule has 1 fully saturated rings. The first kappa shape index (κ1) is 13.9. The quantitative estimate of drug-likeness (QED) is 0.833. The molecule has 0 saturated heterocycles. The Morgan fingerprint density at radius 3 is 2.57 bits per heavy atom. The third-order valence-corrected chi connectivity index (χ3v) is 4.28. The van der Waals surface area contributed by atoms with Gasteiger partial charge < -0.3 is 9.32 Å². The summed E-state index contributed by atoms with van der Waals surface area (Å²) >= 11 is 0. The number of amides is 1. The van der Waals surface area contributed by atoms with Crippen molar-refractivity contribution in [3.8, 4) is 0 Å². The van der Waals surface area contributed by atoms with E-state index in [0.29, 0.717) is 11.6 Å². The van der Waals surface area contributed by atoms with Crippen LogP contribution in [0.1, 0.15) is 41.6 Å². The van der Waals surface area contributed by atoms with Crippen LogP contribution in [0, 0.1) is 0 Å². The molecule has 3 nitrogen and oxygen atoms in total. The Hall–Kier alpha value is -2.03. The Bertz CT molecular complexity index is 556. The molecule has 1 heterocycles. The van der Waals surface area contributed by atoms with E-state index in [9.17, 15) is 4.79 Å². The molecule has 0 N–H and O–H groups in total. The van der Waals surface area contributed by atoms with E-state index in [4.69, 9.17) is 4.42 Å². The van der Waals surface area contributed by atoms with Crippen LogP contribution >= 0.6 is 0 Å². The van der Waals surface area contributed by atoms with Crippen molar-refractivity contribution in [1.29, 1.82) is 0 Å². The van der Waals surface area contributed by atoms with Gasteiger partial charge in [-0.3, -0.25) is 4.79 Å². The normalized spacial score (nSPS) is 15.2. The highest BCUT2D eigenvalue weighted by Crippen LogP contribution is 2.25. The van der Waals surface area contributed by atoms with Crippen molar-refractivity contribution in [3.05, 3.63) is 60.1 Å². The summed E-state index contributed by atoms with van der Waals surface area (Å²) in [5.41, 5.74) is 1.94. The van der Waals surface area contributed by atoms with Gasteiger partial charge in [-0.15, -0.1) is 0 Å². The Labute approximate surface area is 125 Å². The lowest BCUT2D eigenvalue weighted by Gasteiger charge is -2.28. The van der Waals surface area contributed by atoms with Crippen LogP contribution in [0.15, 0.2) is 53.3 Å². The largest absolute Gasteiger partial charge is 0.472 e. The van der Waals surface area contributed by atoms with Crippen molar-refractivity contribution in [2.45, 2.75) is 38.1 Å². The Balaban J connectivity index is 1.71. The molecular formula is C18H21NO2. The summed E-state index contributed by atoms with van der Waals surface area (Å²) in [5.74, 6) is 0.103. The third-order valence-electron chi connectivity index (χ3n) is 4.28. The van der Waals surface area contributed by atoms with Crippen molar-refractivity contribution >= 4 is 5.91 Å². The molecule has 0 aliphatic heterocycles. The molecule has 0 atom stereocenters. The van der Waals surface area contributed by atoms with E-state index in [1.807, 2.05) is 23.1 Å². The first-order valence-corrected chi connectivity index (χ1v) is 7.71. The molecule has 3 heteroatoms. The summed E-state index contributed by atoms with van der Waals surface area (Å²) in [6.07, 6.45) is 8.72. The van der Waals surface area contributed by atoms with Gasteiger partial charge in [-0.2, -0.15) is 0 Å². The molecule has 1 aromatic carbocycles. The number of carbonyl (C=O) groups is 1. The zero-order chi connectivity index (χ0) is 14.5. The van der Waals surface area contributed by atoms with Crippen LogP contribution in [0.2, 0.25) is 0 Å². The number of rotatable bonds is 5. The lowest BCUT2D eigenvalue weighted by molar-refractivity contribution is 0.0683. The van der Waals surface area contributed by atoms with Gasteiger partial charge in [-0.1, -0.05) is 43.2 Å². The van der Waals surface area contributed by atoms with Crippen molar-refractivity contribution in [1.82, 2.24) is 4.90 Å². The van der Waals surface area contributed by atoms with Gasteiger partial charge in [0.15, 0.2) is 0 Å². The molecule has 2 aromatic rings. The summed E-state index contributed by atoms with van der Waals surface area (Å²) in [4.78, 5) is 14.7. The predicted molar refractivity (Wildman–Crippen MR) is 82.1 cm³/mol. The Kier molecular flexibility index (Phi) is 4.39. The first-order chi connectivity index (χ1) is 10.3. The summed E-state index contributed by atoms with van der Waals surface area (Å²) in [5, 5.41) is 0. The van der Waals surface area contributed by atoms with Gasteiger partial charge >= 0.3 is 0 Å². The van der Waals surface area contributed by atoms with Crippen LogP contribution in [0.3, 0.4) is 0 Å². The van der Waals surface area contributed by atoms with Crippen molar-refractivity contribution < 1.29 is 9.21 Å². The van der Waals surface area contributed by atoms with Gasteiger partial charge in [0, 0.05) is 12.6 Å². The minimum Gasteiger partial charge on any atom is -0.472 e. The topological polar surface area (TPSA) is 33.5 Å². The van der Waals surface area contributed by atoms with E-state index < -0.39 is 0 Å². The maximum absolute atomic E-state index is 12.7. The maximum Gasteiger partial charge on any atom is 0.257 e. The number of hydrogen-bond donors (Lipinski definition) is 0. The number of furan rings is 1. The fourth-order valence-electron chi connectivity index (χ4n) is 3.11. The molecule has 1 amide bonds. The van der Waals surface area contributed by atoms with Crippen LogP contribution in [0.4, 0.5) is 0 Å². The second-order valence-corrected chi connectivity index (χ2v) is 5.68. The second kappa shape index (κ2) is 6.61. The molecule has 0 spiro atoms. The lowest BCUT2D eigenvalue weighted by Crippen LogP contribution is -2.40. The van der Waals surface area contributed by atoms with E-state index in [1.54, 1.807) is 18.6 Å². The molecular weight excluding hydrogens is 262 g/mol. The smallest absolute Gasteiger partial charge is 0.257 e. The predicted octanol–water partition coefficient (Wildman–Crippen LogP) is 3.91. The van der Waals surface area contributed by atoms with Gasteiger partial charge in [-0.05, 0) is 30.9 Å². The van der Waals surface area contributed by atoms with Gasteiger partial charge in [-0.25, -0.2) is 0 Å². The maximum atomic E-state index is 12.7. The van der Waals surface area contributed by atoms with Crippen LogP contribution in [-0.2, 0) is 6.42 Å². The molecule has 1 aromatic heterocycles. The monoisotopic (exact) mass is 283 g/mol. The standard InChI is InChI=1S/C18H21NO2/c20-18(16-11-13-21-14-16)19(17-8-4-5-9-17)12-10-15-6-2-1-3-7-15/h1-3,6-7,11,13-14,17H,4-5,8-10,12H2. The van der Waals surface area contributed by atoms with Crippen LogP contribution < -0.4 is 0 Å². The highest BCUT2D eigenvalue weighted by Gasteiger charge is 2.27. The molecule has 0 bridgehead atoms. The van der Waals surface area contributed by atoms with E-state index >= 15 is 0 Å². The molecule has 1 aliphatic carbocycles. The average Bonchev–Trinajstić information content (AvgIpc) is 3.22. The Morgan fingerprint density at radius 1 is 1.14 bits per heavy atom. The van der Waals surface area contributed by atoms with Gasteiger partial charge in [0.2, 0.25) is 0 Å². The summed E-state index contributed by atoms with van der Waals surface area (Å²) in [7, 11) is 0. The molecule has 1 saturated carbocycles. The molecule has 3 rings (SSSR count). The Morgan fingerprint density at radius 2 is 1.90 bits per heavy atom. The fourth-order valence-corrected chi connectivity index (χ4v) is 3.11. The van der Waals surface area contributed by atoms with Crippen LogP contribution in [0.25, 0.3) is 0 Å². The van der Waals surface area contributed by atoms with Crippen molar-refractivity contribution in [2.75, 3.05) is 6.54 Å². The van der Waals surface area contributed by atoms with Crippen molar-refractivity contribution in [2.24, 2.45) is 0 Å². The summed E-state index contributed by atoms with van der Waals surface area (Å²) < 4.78 is 5.06. The number of benzene rings is 1. The van der Waals surface area contributed by atoms with Crippen LogP contribution in [0.5, 0.6) is 0 Å². The molecule has 110 valence electrons. The summed E-state index contributed by atoms with van der Waals surface area (Å²) in [6, 6.07) is 12.5. The average molecular weight is 283 g/mol. The lowest BCUT2D eigenvalue weighted by atomic mass is 10.1. The van der Waals surface area contributed by atoms with E-state index in [0.717, 1.165) is 25.8 Å². The minimum atomic E-state index is 0.103. The highest BCUT2D eigenvalue weighted by atomic mass is 16.3. The van der Waals surface area contributed by atoms with Gasteiger partial charge in [0.25, 0.3) is 5.91 Å².